The highest BCUT2D eigenvalue weighted by Gasteiger charge is 2.28. The third-order valence-electron chi connectivity index (χ3n) is 5.19. The molecule has 3 rings (SSSR count). The number of hydrogen-bond acceptors (Lipinski definition) is 5. The quantitative estimate of drug-likeness (QED) is 0.774. The van der Waals surface area contributed by atoms with Crippen molar-refractivity contribution in [3.8, 4) is 0 Å². The molecule has 2 aliphatic rings. The Morgan fingerprint density at radius 2 is 2.04 bits per heavy atom. The van der Waals surface area contributed by atoms with E-state index in [4.69, 9.17) is 4.74 Å². The Hall–Kier alpha value is -1.55. The molecule has 1 N–H and O–H groups in total. The molecular weight excluding hydrogens is 373 g/mol. The van der Waals surface area contributed by atoms with Crippen LogP contribution in [0, 0.1) is 5.82 Å². The molecule has 27 heavy (non-hydrogen) atoms. The lowest BCUT2D eigenvalue weighted by Crippen LogP contribution is -2.41. The number of morpholine rings is 1. The average molecular weight is 399 g/mol. The molecule has 9 heteroatoms. The Kier molecular flexibility index (Phi) is 6.46. The maximum atomic E-state index is 14.2. The number of likely N-dealkylation sites (tertiary alicyclic amines) is 1. The topological polar surface area (TPSA) is 79.0 Å². The molecule has 1 atom stereocenters. The summed E-state index contributed by atoms with van der Waals surface area (Å²) in [5, 5.41) is 2.76. The Bertz CT molecular complexity index is 781. The van der Waals surface area contributed by atoms with Crippen LogP contribution in [0.4, 0.5) is 4.39 Å². The summed E-state index contributed by atoms with van der Waals surface area (Å²) >= 11 is 0. The molecule has 1 amide bonds. The highest BCUT2D eigenvalue weighted by molar-refractivity contribution is 7.89. The Morgan fingerprint density at radius 3 is 2.74 bits per heavy atom. The number of ether oxygens (including phenoxy) is 1. The smallest absolute Gasteiger partial charge is 0.254 e. The van der Waals surface area contributed by atoms with Crippen molar-refractivity contribution >= 4 is 15.9 Å². The minimum Gasteiger partial charge on any atom is -0.379 e. The monoisotopic (exact) mass is 399 g/mol. The van der Waals surface area contributed by atoms with Gasteiger partial charge in [0.2, 0.25) is 10.0 Å². The molecular formula is C18H26FN3O4S. The zero-order valence-corrected chi connectivity index (χ0v) is 16.3. The molecule has 150 valence electrons. The molecule has 0 aromatic heterocycles. The van der Waals surface area contributed by atoms with Gasteiger partial charge in [-0.25, -0.2) is 12.8 Å². The van der Waals surface area contributed by atoms with Gasteiger partial charge in [0.1, 0.15) is 5.82 Å². The van der Waals surface area contributed by atoms with Crippen molar-refractivity contribution in [1.82, 2.24) is 14.5 Å². The fourth-order valence-electron chi connectivity index (χ4n) is 3.62. The summed E-state index contributed by atoms with van der Waals surface area (Å²) in [4.78, 5) is 14.7. The van der Waals surface area contributed by atoms with E-state index in [1.165, 1.54) is 10.4 Å². The summed E-state index contributed by atoms with van der Waals surface area (Å²) in [5.41, 5.74) is -0.245. The Balaban J connectivity index is 1.73. The summed E-state index contributed by atoms with van der Waals surface area (Å²) < 4.78 is 46.1. The molecule has 0 spiro atoms. The number of likely N-dealkylation sites (N-methyl/N-ethyl adjacent to an activating group) is 1. The van der Waals surface area contributed by atoms with Gasteiger partial charge in [-0.1, -0.05) is 6.92 Å². The van der Waals surface area contributed by atoms with Crippen LogP contribution >= 0.6 is 0 Å². The first-order chi connectivity index (χ1) is 12.9. The van der Waals surface area contributed by atoms with E-state index in [0.717, 1.165) is 38.1 Å². The lowest BCUT2D eigenvalue weighted by atomic mass is 10.1. The standard InChI is InChI=1S/C18H26FN3O4S/c1-2-21-7-3-4-14(21)13-20-18(23)16-12-15(5-6-17(16)19)27(24,25)22-8-10-26-11-9-22/h5-6,12,14H,2-4,7-11,13H2,1H3,(H,20,23). The van der Waals surface area contributed by atoms with Crippen LogP contribution in [0.2, 0.25) is 0 Å². The maximum Gasteiger partial charge on any atom is 0.254 e. The molecule has 0 radical (unpaired) electrons. The molecule has 2 heterocycles. The number of carbonyl (C=O) groups is 1. The molecule has 2 aliphatic heterocycles. The van der Waals surface area contributed by atoms with Crippen molar-refractivity contribution in [2.45, 2.75) is 30.7 Å². The third kappa shape index (κ3) is 4.48. The fraction of sp³-hybridized carbons (Fsp3) is 0.611. The summed E-state index contributed by atoms with van der Waals surface area (Å²) in [7, 11) is -3.78. The van der Waals surface area contributed by atoms with Crippen molar-refractivity contribution < 1.29 is 22.3 Å². The second-order valence-electron chi connectivity index (χ2n) is 6.79. The van der Waals surface area contributed by atoms with E-state index >= 15 is 0 Å². The first-order valence-corrected chi connectivity index (χ1v) is 10.8. The van der Waals surface area contributed by atoms with E-state index in [2.05, 4.69) is 17.1 Å². The zero-order chi connectivity index (χ0) is 19.4. The molecule has 1 unspecified atom stereocenters. The minimum absolute atomic E-state index is 0.0769. The van der Waals surface area contributed by atoms with E-state index in [0.29, 0.717) is 19.8 Å². The highest BCUT2D eigenvalue weighted by atomic mass is 32.2. The van der Waals surface area contributed by atoms with Gasteiger partial charge in [-0.2, -0.15) is 4.31 Å². The summed E-state index contributed by atoms with van der Waals surface area (Å²) in [6, 6.07) is 3.60. The summed E-state index contributed by atoms with van der Waals surface area (Å²) in [6.07, 6.45) is 2.07. The number of halogens is 1. The van der Waals surface area contributed by atoms with E-state index in [1.807, 2.05) is 0 Å². The number of rotatable bonds is 6. The van der Waals surface area contributed by atoms with Crippen molar-refractivity contribution in [1.29, 1.82) is 0 Å². The Morgan fingerprint density at radius 1 is 1.30 bits per heavy atom. The van der Waals surface area contributed by atoms with E-state index in [-0.39, 0.29) is 29.6 Å². The molecule has 0 aliphatic carbocycles. The molecule has 0 saturated carbocycles. The number of nitrogens with one attached hydrogen (secondary N) is 1. The van der Waals surface area contributed by atoms with Gasteiger partial charge in [-0.15, -0.1) is 0 Å². The Labute approximate surface area is 159 Å². The largest absolute Gasteiger partial charge is 0.379 e. The van der Waals surface area contributed by atoms with Crippen molar-refractivity contribution in [2.24, 2.45) is 0 Å². The molecule has 1 aromatic rings. The molecule has 2 saturated heterocycles. The van der Waals surface area contributed by atoms with Crippen LogP contribution in [-0.4, -0.2) is 75.5 Å². The zero-order valence-electron chi connectivity index (χ0n) is 15.5. The lowest BCUT2D eigenvalue weighted by molar-refractivity contribution is 0.0730. The van der Waals surface area contributed by atoms with Gasteiger partial charge < -0.3 is 10.1 Å². The number of amides is 1. The van der Waals surface area contributed by atoms with Crippen molar-refractivity contribution in [2.75, 3.05) is 45.9 Å². The van der Waals surface area contributed by atoms with Gasteiger partial charge in [0.05, 0.1) is 23.7 Å². The summed E-state index contributed by atoms with van der Waals surface area (Å²) in [5.74, 6) is -1.32. The first kappa shape index (κ1) is 20.2. The van der Waals surface area contributed by atoms with Crippen LogP contribution in [-0.2, 0) is 14.8 Å². The van der Waals surface area contributed by atoms with Crippen LogP contribution < -0.4 is 5.32 Å². The van der Waals surface area contributed by atoms with Gasteiger partial charge in [0, 0.05) is 25.7 Å². The van der Waals surface area contributed by atoms with Gasteiger partial charge in [0.15, 0.2) is 0 Å². The van der Waals surface area contributed by atoms with E-state index in [1.54, 1.807) is 0 Å². The molecule has 2 fully saturated rings. The SMILES string of the molecule is CCN1CCCC1CNC(=O)c1cc(S(=O)(=O)N2CCOCC2)ccc1F. The van der Waals surface area contributed by atoms with Gasteiger partial charge in [0.25, 0.3) is 5.91 Å². The van der Waals surface area contributed by atoms with Crippen molar-refractivity contribution in [3.05, 3.63) is 29.6 Å². The second-order valence-corrected chi connectivity index (χ2v) is 8.73. The highest BCUT2D eigenvalue weighted by Crippen LogP contribution is 2.21. The third-order valence-corrected chi connectivity index (χ3v) is 7.09. The van der Waals surface area contributed by atoms with E-state index in [9.17, 15) is 17.6 Å². The number of carbonyl (C=O) groups excluding carboxylic acids is 1. The normalized spacial score (nSPS) is 22.1. The fourth-order valence-corrected chi connectivity index (χ4v) is 5.06. The molecule has 7 nitrogen and oxygen atoms in total. The van der Waals surface area contributed by atoms with Crippen LogP contribution in [0.5, 0.6) is 0 Å². The minimum atomic E-state index is -3.78. The number of benzene rings is 1. The average Bonchev–Trinajstić information content (AvgIpc) is 3.14. The number of sulfonamides is 1. The lowest BCUT2D eigenvalue weighted by Gasteiger charge is -2.26. The number of nitrogens with zero attached hydrogens (tertiary/aromatic N) is 2. The first-order valence-electron chi connectivity index (χ1n) is 9.33. The van der Waals surface area contributed by atoms with Crippen LogP contribution in [0.25, 0.3) is 0 Å². The van der Waals surface area contributed by atoms with Crippen LogP contribution in [0.1, 0.15) is 30.1 Å². The van der Waals surface area contributed by atoms with Crippen LogP contribution in [0.15, 0.2) is 23.1 Å². The van der Waals surface area contributed by atoms with Crippen molar-refractivity contribution in [3.63, 3.8) is 0 Å². The van der Waals surface area contributed by atoms with Gasteiger partial charge in [-0.3, -0.25) is 9.69 Å². The van der Waals surface area contributed by atoms with Gasteiger partial charge >= 0.3 is 0 Å². The predicted molar refractivity (Wildman–Crippen MR) is 98.6 cm³/mol. The summed E-state index contributed by atoms with van der Waals surface area (Å²) in [6.45, 7) is 5.53. The van der Waals surface area contributed by atoms with Crippen LogP contribution in [0.3, 0.4) is 0 Å². The second kappa shape index (κ2) is 8.64. The molecule has 1 aromatic carbocycles. The molecule has 0 bridgehead atoms. The predicted octanol–water partition coefficient (Wildman–Crippen LogP) is 1.06. The maximum absolute atomic E-state index is 14.2. The number of hydrogen-bond donors (Lipinski definition) is 1. The van der Waals surface area contributed by atoms with E-state index < -0.39 is 21.7 Å². The van der Waals surface area contributed by atoms with Gasteiger partial charge in [-0.05, 0) is 44.1 Å².